The van der Waals surface area contributed by atoms with Gasteiger partial charge < -0.3 is 10.2 Å². The van der Waals surface area contributed by atoms with Gasteiger partial charge >= 0.3 is 0 Å². The number of amides is 1. The first-order chi connectivity index (χ1) is 11.0. The normalized spacial score (nSPS) is 12.2. The van der Waals surface area contributed by atoms with E-state index in [0.717, 1.165) is 0 Å². The van der Waals surface area contributed by atoms with Crippen LogP contribution in [0, 0.1) is 5.82 Å². The Hall–Kier alpha value is -2.11. The van der Waals surface area contributed by atoms with Crippen LogP contribution in [0.15, 0.2) is 47.6 Å². The molecule has 1 atom stereocenters. The Bertz CT molecular complexity index is 721. The maximum Gasteiger partial charge on any atom is 0.267 e. The summed E-state index contributed by atoms with van der Waals surface area (Å²) in [5, 5.41) is 7.07. The highest BCUT2D eigenvalue weighted by molar-refractivity contribution is 6.43. The van der Waals surface area contributed by atoms with Gasteiger partial charge in [0.15, 0.2) is 0 Å². The molecule has 120 valence electrons. The van der Waals surface area contributed by atoms with Crippen molar-refractivity contribution in [2.24, 2.45) is 5.16 Å². The Morgan fingerprint density at radius 1 is 1.26 bits per heavy atom. The van der Waals surface area contributed by atoms with Crippen molar-refractivity contribution in [1.82, 2.24) is 0 Å². The van der Waals surface area contributed by atoms with Gasteiger partial charge in [-0.1, -0.05) is 40.5 Å². The van der Waals surface area contributed by atoms with Gasteiger partial charge in [-0.2, -0.15) is 0 Å². The molecule has 0 aliphatic carbocycles. The van der Waals surface area contributed by atoms with Gasteiger partial charge in [-0.05, 0) is 37.3 Å². The molecule has 0 radical (unpaired) electrons. The van der Waals surface area contributed by atoms with E-state index in [0.29, 0.717) is 21.3 Å². The van der Waals surface area contributed by atoms with Crippen LogP contribution < -0.4 is 5.32 Å². The van der Waals surface area contributed by atoms with Gasteiger partial charge in [0.2, 0.25) is 6.10 Å². The minimum Gasteiger partial charge on any atom is -0.383 e. The Morgan fingerprint density at radius 2 is 1.96 bits per heavy atom. The zero-order valence-electron chi connectivity index (χ0n) is 12.1. The molecule has 0 spiro atoms. The lowest BCUT2D eigenvalue weighted by Gasteiger charge is -2.10. The molecule has 0 saturated heterocycles. The van der Waals surface area contributed by atoms with Crippen molar-refractivity contribution in [1.29, 1.82) is 0 Å². The van der Waals surface area contributed by atoms with Gasteiger partial charge in [0.1, 0.15) is 5.82 Å². The third-order valence-corrected chi connectivity index (χ3v) is 3.71. The second-order valence-electron chi connectivity index (χ2n) is 4.62. The number of nitrogens with one attached hydrogen (secondary N) is 1. The van der Waals surface area contributed by atoms with Gasteiger partial charge in [0.25, 0.3) is 5.91 Å². The summed E-state index contributed by atoms with van der Waals surface area (Å²) in [5.74, 6) is -0.791. The number of hydrogen-bond donors (Lipinski definition) is 1. The van der Waals surface area contributed by atoms with Crippen molar-refractivity contribution in [3.05, 3.63) is 63.9 Å². The molecule has 4 nitrogen and oxygen atoms in total. The van der Waals surface area contributed by atoms with Crippen LogP contribution in [-0.2, 0) is 9.63 Å². The zero-order chi connectivity index (χ0) is 16.8. The quantitative estimate of drug-likeness (QED) is 0.634. The number of nitrogens with zero attached hydrogens (tertiary/aromatic N) is 1. The molecule has 0 unspecified atom stereocenters. The minimum atomic E-state index is -0.839. The van der Waals surface area contributed by atoms with E-state index < -0.39 is 12.0 Å². The molecule has 7 heteroatoms. The molecule has 0 heterocycles. The summed E-state index contributed by atoms with van der Waals surface area (Å²) in [6.45, 7) is 1.54. The monoisotopic (exact) mass is 354 g/mol. The van der Waals surface area contributed by atoms with E-state index in [4.69, 9.17) is 28.0 Å². The van der Waals surface area contributed by atoms with Crippen LogP contribution in [0.2, 0.25) is 10.0 Å². The first-order valence-corrected chi connectivity index (χ1v) is 7.42. The highest BCUT2D eigenvalue weighted by atomic mass is 35.5. The molecule has 0 aromatic heterocycles. The van der Waals surface area contributed by atoms with E-state index in [2.05, 4.69) is 10.5 Å². The summed E-state index contributed by atoms with van der Waals surface area (Å²) in [7, 11) is 0. The molecule has 1 N–H and O–H groups in total. The summed E-state index contributed by atoms with van der Waals surface area (Å²) in [6.07, 6.45) is 0.532. The van der Waals surface area contributed by atoms with Gasteiger partial charge in [0.05, 0.1) is 16.3 Å². The number of hydrogen-bond acceptors (Lipinski definition) is 3. The van der Waals surface area contributed by atoms with Crippen LogP contribution in [0.3, 0.4) is 0 Å². The van der Waals surface area contributed by atoms with E-state index >= 15 is 0 Å². The third-order valence-electron chi connectivity index (χ3n) is 2.87. The Kier molecular flexibility index (Phi) is 5.96. The molecule has 23 heavy (non-hydrogen) atoms. The Labute approximate surface area is 142 Å². The van der Waals surface area contributed by atoms with Crippen molar-refractivity contribution in [2.75, 3.05) is 5.32 Å². The molecule has 0 bridgehead atoms. The van der Waals surface area contributed by atoms with Gasteiger partial charge in [-0.15, -0.1) is 0 Å². The van der Waals surface area contributed by atoms with Crippen molar-refractivity contribution in [2.45, 2.75) is 13.0 Å². The second kappa shape index (κ2) is 7.94. The summed E-state index contributed by atoms with van der Waals surface area (Å²) in [6, 6.07) is 10.5. The number of benzene rings is 2. The topological polar surface area (TPSA) is 50.7 Å². The molecule has 0 aliphatic rings. The predicted molar refractivity (Wildman–Crippen MR) is 89.6 cm³/mol. The van der Waals surface area contributed by atoms with Crippen LogP contribution in [0.5, 0.6) is 0 Å². The number of carbonyl (C=O) groups is 1. The van der Waals surface area contributed by atoms with E-state index in [1.165, 1.54) is 37.4 Å². The van der Waals surface area contributed by atoms with Crippen LogP contribution in [0.4, 0.5) is 10.1 Å². The van der Waals surface area contributed by atoms with Gasteiger partial charge in [0, 0.05) is 11.3 Å². The maximum atomic E-state index is 12.8. The molecule has 1 amide bonds. The molecule has 2 rings (SSSR count). The summed E-state index contributed by atoms with van der Waals surface area (Å²) in [4.78, 5) is 17.0. The predicted octanol–water partition coefficient (Wildman–Crippen LogP) is 4.51. The third kappa shape index (κ3) is 4.94. The summed E-state index contributed by atoms with van der Waals surface area (Å²) >= 11 is 11.9. The van der Waals surface area contributed by atoms with Crippen molar-refractivity contribution >= 4 is 41.0 Å². The Morgan fingerprint density at radius 3 is 2.65 bits per heavy atom. The fourth-order valence-corrected chi connectivity index (χ4v) is 1.98. The minimum absolute atomic E-state index is 0.352. The zero-order valence-corrected chi connectivity index (χ0v) is 13.6. The molecular formula is C16H13Cl2FN2O2. The smallest absolute Gasteiger partial charge is 0.267 e. The van der Waals surface area contributed by atoms with Crippen LogP contribution in [0.25, 0.3) is 0 Å². The van der Waals surface area contributed by atoms with E-state index in [-0.39, 0.29) is 5.82 Å². The maximum absolute atomic E-state index is 12.8. The van der Waals surface area contributed by atoms with Crippen molar-refractivity contribution in [3.8, 4) is 0 Å². The lowest BCUT2D eigenvalue weighted by molar-refractivity contribution is -0.126. The number of anilines is 1. The summed E-state index contributed by atoms with van der Waals surface area (Å²) < 4.78 is 12.8. The largest absolute Gasteiger partial charge is 0.383 e. The molecule has 0 fully saturated rings. The highest BCUT2D eigenvalue weighted by Crippen LogP contribution is 2.24. The van der Waals surface area contributed by atoms with Crippen LogP contribution in [-0.4, -0.2) is 18.2 Å². The lowest BCUT2D eigenvalue weighted by Crippen LogP contribution is -2.26. The molecule has 2 aromatic rings. The SMILES string of the molecule is C[C@@H](O/N=C\c1cccc(Cl)c1Cl)C(=O)Nc1ccc(F)cc1. The summed E-state index contributed by atoms with van der Waals surface area (Å²) in [5.41, 5.74) is 1.04. The average Bonchev–Trinajstić information content (AvgIpc) is 2.53. The van der Waals surface area contributed by atoms with Crippen molar-refractivity contribution < 1.29 is 14.0 Å². The average molecular weight is 355 g/mol. The number of carbonyl (C=O) groups excluding carboxylic acids is 1. The van der Waals surface area contributed by atoms with Gasteiger partial charge in [-0.25, -0.2) is 4.39 Å². The van der Waals surface area contributed by atoms with Crippen LogP contribution >= 0.6 is 23.2 Å². The number of oxime groups is 1. The second-order valence-corrected chi connectivity index (χ2v) is 5.41. The van der Waals surface area contributed by atoms with E-state index in [1.54, 1.807) is 18.2 Å². The van der Waals surface area contributed by atoms with Gasteiger partial charge in [-0.3, -0.25) is 4.79 Å². The molecule has 0 aliphatic heterocycles. The van der Waals surface area contributed by atoms with E-state index in [9.17, 15) is 9.18 Å². The van der Waals surface area contributed by atoms with E-state index in [1.807, 2.05) is 0 Å². The first-order valence-electron chi connectivity index (χ1n) is 6.67. The molecule has 0 saturated carbocycles. The number of halogens is 3. The lowest BCUT2D eigenvalue weighted by atomic mass is 10.2. The fourth-order valence-electron chi connectivity index (χ4n) is 1.62. The Balaban J connectivity index is 1.92. The molecule has 2 aromatic carbocycles. The standard InChI is InChI=1S/C16H13Cl2FN2O2/c1-10(16(22)21-13-7-5-12(19)6-8-13)23-20-9-11-3-2-4-14(17)15(11)18/h2-10H,1H3,(H,21,22)/b20-9-/t10-/m1/s1. The van der Waals surface area contributed by atoms with Crippen molar-refractivity contribution in [3.63, 3.8) is 0 Å². The molecular weight excluding hydrogens is 342 g/mol. The number of rotatable bonds is 5. The first kappa shape index (κ1) is 17.2. The highest BCUT2D eigenvalue weighted by Gasteiger charge is 2.14. The fraction of sp³-hybridized carbons (Fsp3) is 0.125. The van der Waals surface area contributed by atoms with Crippen LogP contribution in [0.1, 0.15) is 12.5 Å².